The normalized spacial score (nSPS) is 12.4. The van der Waals surface area contributed by atoms with Crippen molar-refractivity contribution in [1.82, 2.24) is 9.55 Å². The molecular formula is C22H20N2O4. The van der Waals surface area contributed by atoms with Crippen molar-refractivity contribution in [2.45, 2.75) is 19.6 Å². The number of pyridine rings is 1. The maximum atomic E-state index is 9.69. The quantitative estimate of drug-likeness (QED) is 0.406. The van der Waals surface area contributed by atoms with Gasteiger partial charge in [-0.25, -0.2) is 4.98 Å². The van der Waals surface area contributed by atoms with E-state index < -0.39 is 11.9 Å². The first-order chi connectivity index (χ1) is 13.4. The highest BCUT2D eigenvalue weighted by Crippen LogP contribution is 2.39. The average molecular weight is 376 g/mol. The van der Waals surface area contributed by atoms with Crippen molar-refractivity contribution in [2.75, 3.05) is 0 Å². The summed E-state index contributed by atoms with van der Waals surface area (Å²) in [7, 11) is 0. The molecule has 0 saturated carbocycles. The smallest absolute Gasteiger partial charge is 0.200 e. The zero-order valence-electron chi connectivity index (χ0n) is 15.2. The first-order valence-electron chi connectivity index (χ1n) is 8.91. The third kappa shape index (κ3) is 3.37. The summed E-state index contributed by atoms with van der Waals surface area (Å²) in [5.41, 5.74) is 5.05. The fourth-order valence-electron chi connectivity index (χ4n) is 3.23. The van der Waals surface area contributed by atoms with Crippen LogP contribution in [0, 0.1) is 0 Å². The third-order valence-corrected chi connectivity index (χ3v) is 4.62. The fraction of sp³-hybridized carbons (Fsp3) is 0.136. The number of hydrogen-bond donors (Lipinski definition) is 4. The van der Waals surface area contributed by atoms with Crippen molar-refractivity contribution < 1.29 is 20.4 Å². The van der Waals surface area contributed by atoms with E-state index in [1.54, 1.807) is 6.92 Å². The summed E-state index contributed by atoms with van der Waals surface area (Å²) in [6.45, 7) is 2.26. The highest BCUT2D eigenvalue weighted by molar-refractivity contribution is 5.76. The molecule has 2 aliphatic rings. The molecule has 2 heterocycles. The van der Waals surface area contributed by atoms with E-state index in [-0.39, 0.29) is 11.5 Å². The van der Waals surface area contributed by atoms with Gasteiger partial charge in [0.15, 0.2) is 17.2 Å². The van der Waals surface area contributed by atoms with Gasteiger partial charge in [0.25, 0.3) is 0 Å². The lowest BCUT2D eigenvalue weighted by molar-refractivity contribution is 0.173. The largest absolute Gasteiger partial charge is 0.504 e. The summed E-state index contributed by atoms with van der Waals surface area (Å²) in [5.74, 6) is -1.26. The molecule has 2 aromatic rings. The Kier molecular flexibility index (Phi) is 4.41. The number of aromatic hydroxyl groups is 3. The predicted molar refractivity (Wildman–Crippen MR) is 106 cm³/mol. The SMILES string of the molecule is C[C@H](O)Cn1ccc2cc(-c3ccc(-c4cc(O)c(O)c(O)c4)cc3)nc-2c1. The van der Waals surface area contributed by atoms with E-state index in [1.807, 2.05) is 53.4 Å². The Bertz CT molecular complexity index is 1080. The zero-order chi connectivity index (χ0) is 19.8. The summed E-state index contributed by atoms with van der Waals surface area (Å²) in [6, 6.07) is 14.4. The van der Waals surface area contributed by atoms with Gasteiger partial charge in [0.1, 0.15) is 0 Å². The van der Waals surface area contributed by atoms with Crippen molar-refractivity contribution in [3.63, 3.8) is 0 Å². The van der Waals surface area contributed by atoms with Gasteiger partial charge in [0.2, 0.25) is 0 Å². The highest BCUT2D eigenvalue weighted by atomic mass is 16.3. The summed E-state index contributed by atoms with van der Waals surface area (Å²) < 4.78 is 1.91. The van der Waals surface area contributed by atoms with E-state index in [4.69, 9.17) is 0 Å². The zero-order valence-corrected chi connectivity index (χ0v) is 15.2. The Balaban J connectivity index is 1.65. The van der Waals surface area contributed by atoms with Gasteiger partial charge in [-0.3, -0.25) is 0 Å². The van der Waals surface area contributed by atoms with Crippen LogP contribution in [0.3, 0.4) is 0 Å². The molecule has 0 unspecified atom stereocenters. The minimum Gasteiger partial charge on any atom is -0.504 e. The Labute approximate surface area is 161 Å². The molecule has 0 amide bonds. The Morgan fingerprint density at radius 1 is 0.821 bits per heavy atom. The molecule has 4 rings (SSSR count). The second-order valence-electron chi connectivity index (χ2n) is 6.91. The van der Waals surface area contributed by atoms with Crippen LogP contribution >= 0.6 is 0 Å². The van der Waals surface area contributed by atoms with Crippen LogP contribution in [0.15, 0.2) is 60.9 Å². The molecule has 2 aliphatic heterocycles. The lowest BCUT2D eigenvalue weighted by Gasteiger charge is -2.09. The maximum absolute atomic E-state index is 9.69. The van der Waals surface area contributed by atoms with Crippen LogP contribution in [0.2, 0.25) is 0 Å². The molecule has 4 N–H and O–H groups in total. The molecule has 0 aromatic heterocycles. The highest BCUT2D eigenvalue weighted by Gasteiger charge is 2.13. The number of fused-ring (bicyclic) bond motifs is 1. The molecule has 0 fully saturated rings. The molecule has 0 spiro atoms. The van der Waals surface area contributed by atoms with Gasteiger partial charge < -0.3 is 25.0 Å². The molecule has 142 valence electrons. The number of aliphatic hydroxyl groups excluding tert-OH is 1. The van der Waals surface area contributed by atoms with E-state index >= 15 is 0 Å². The monoisotopic (exact) mass is 376 g/mol. The fourth-order valence-corrected chi connectivity index (χ4v) is 3.23. The summed E-state index contributed by atoms with van der Waals surface area (Å²) in [4.78, 5) is 4.68. The number of benzene rings is 2. The molecule has 0 saturated heterocycles. The standard InChI is InChI=1S/C22H20N2O4/c1-13(25)11-24-7-6-16-8-18(23-19(16)12-24)15-4-2-14(3-5-15)17-9-20(26)22(28)21(27)10-17/h2-10,12-13,25-28H,11H2,1H3/t13-/m0/s1. The number of hydrogen-bond acceptors (Lipinski definition) is 5. The first-order valence-corrected chi connectivity index (χ1v) is 8.91. The van der Waals surface area contributed by atoms with Crippen molar-refractivity contribution in [1.29, 1.82) is 0 Å². The van der Waals surface area contributed by atoms with E-state index in [0.717, 1.165) is 28.1 Å². The summed E-state index contributed by atoms with van der Waals surface area (Å²) >= 11 is 0. The van der Waals surface area contributed by atoms with Crippen LogP contribution in [0.5, 0.6) is 17.2 Å². The minimum atomic E-state index is -0.527. The van der Waals surface area contributed by atoms with Gasteiger partial charge in [-0.15, -0.1) is 0 Å². The van der Waals surface area contributed by atoms with Gasteiger partial charge in [-0.05, 0) is 42.3 Å². The minimum absolute atomic E-state index is 0.367. The van der Waals surface area contributed by atoms with Crippen LogP contribution < -0.4 is 0 Å². The first kappa shape index (κ1) is 17.9. The number of aliphatic hydroxyl groups is 1. The molecule has 28 heavy (non-hydrogen) atoms. The lowest BCUT2D eigenvalue weighted by Crippen LogP contribution is -2.11. The van der Waals surface area contributed by atoms with E-state index in [1.165, 1.54) is 12.1 Å². The van der Waals surface area contributed by atoms with E-state index in [0.29, 0.717) is 12.1 Å². The van der Waals surface area contributed by atoms with Gasteiger partial charge >= 0.3 is 0 Å². The van der Waals surface area contributed by atoms with E-state index in [9.17, 15) is 20.4 Å². The van der Waals surface area contributed by atoms with Crippen LogP contribution in [-0.4, -0.2) is 36.1 Å². The number of phenolic OH excluding ortho intramolecular Hbond substituents is 3. The second kappa shape index (κ2) is 6.90. The van der Waals surface area contributed by atoms with Crippen molar-refractivity contribution in [2.24, 2.45) is 0 Å². The molecule has 0 aliphatic carbocycles. The molecule has 6 heteroatoms. The number of rotatable bonds is 4. The lowest BCUT2D eigenvalue weighted by atomic mass is 10.0. The number of nitrogens with zero attached hydrogens (tertiary/aromatic N) is 2. The third-order valence-electron chi connectivity index (χ3n) is 4.62. The summed E-state index contributed by atoms with van der Waals surface area (Å²) in [6.07, 6.45) is 3.41. The van der Waals surface area contributed by atoms with Gasteiger partial charge in [-0.1, -0.05) is 24.3 Å². The van der Waals surface area contributed by atoms with Crippen molar-refractivity contribution >= 4 is 0 Å². The van der Waals surface area contributed by atoms with Crippen LogP contribution in [0.25, 0.3) is 33.6 Å². The van der Waals surface area contributed by atoms with Crippen molar-refractivity contribution in [3.8, 4) is 50.9 Å². The molecule has 6 nitrogen and oxygen atoms in total. The molecular weight excluding hydrogens is 356 g/mol. The van der Waals surface area contributed by atoms with Crippen molar-refractivity contribution in [3.05, 3.63) is 60.9 Å². The van der Waals surface area contributed by atoms with Gasteiger partial charge in [-0.2, -0.15) is 0 Å². The Hall–Kier alpha value is -3.51. The maximum Gasteiger partial charge on any atom is 0.200 e. The summed E-state index contributed by atoms with van der Waals surface area (Å²) in [5, 5.41) is 38.4. The Morgan fingerprint density at radius 3 is 2.11 bits per heavy atom. The molecule has 0 radical (unpaired) electrons. The van der Waals surface area contributed by atoms with Gasteiger partial charge in [0, 0.05) is 30.1 Å². The molecule has 1 atom stereocenters. The van der Waals surface area contributed by atoms with Gasteiger partial charge in [0.05, 0.1) is 17.5 Å². The second-order valence-corrected chi connectivity index (χ2v) is 6.91. The van der Waals surface area contributed by atoms with Crippen LogP contribution in [0.4, 0.5) is 0 Å². The number of aromatic nitrogens is 2. The van der Waals surface area contributed by atoms with E-state index in [2.05, 4.69) is 4.98 Å². The predicted octanol–water partition coefficient (Wildman–Crippen LogP) is 3.82. The molecule has 0 bridgehead atoms. The van der Waals surface area contributed by atoms with Crippen LogP contribution in [0.1, 0.15) is 6.92 Å². The topological polar surface area (TPSA) is 98.7 Å². The van der Waals surface area contributed by atoms with Crippen LogP contribution in [-0.2, 0) is 6.54 Å². The number of phenols is 3. The average Bonchev–Trinajstić information content (AvgIpc) is 3.08. The molecule has 2 aromatic carbocycles. The Morgan fingerprint density at radius 2 is 1.46 bits per heavy atom.